The number of thioether (sulfide) groups is 1. The minimum Gasteiger partial charge on any atom is -0.497 e. The van der Waals surface area contributed by atoms with Crippen molar-refractivity contribution in [1.29, 1.82) is 0 Å². The van der Waals surface area contributed by atoms with E-state index in [1.807, 2.05) is 43.3 Å². The van der Waals surface area contributed by atoms with Crippen LogP contribution in [-0.4, -0.2) is 33.0 Å². The Morgan fingerprint density at radius 1 is 0.974 bits per heavy atom. The van der Waals surface area contributed by atoms with Crippen LogP contribution in [0.15, 0.2) is 71.2 Å². The lowest BCUT2D eigenvalue weighted by Crippen LogP contribution is -2.37. The van der Waals surface area contributed by atoms with Gasteiger partial charge in [0.15, 0.2) is 0 Å². The van der Waals surface area contributed by atoms with Crippen LogP contribution in [0.1, 0.15) is 5.56 Å². The highest BCUT2D eigenvalue weighted by Gasteiger charge is 2.23. The minimum atomic E-state index is -0.492. The molecule has 0 spiro atoms. The standard InChI is InChI=1S/C25H18Br4N4O3S2/c1-12-3-5-13(6-4-12)23-17-18(20(27)22(29)21(28)19(17)26)24(35)33(32-23)31-16(34)11-38-25(37)30-14-7-9-15(36-2)10-8-14/h3-10H,11H2,1-2H3,(H,30,37)(H,31,34). The van der Waals surface area contributed by atoms with E-state index in [4.69, 9.17) is 17.0 Å². The van der Waals surface area contributed by atoms with Crippen LogP contribution < -0.4 is 21.0 Å². The Labute approximate surface area is 261 Å². The first-order valence-corrected chi connectivity index (χ1v) is 15.4. The number of halogens is 4. The summed E-state index contributed by atoms with van der Waals surface area (Å²) in [5, 5.41) is 8.55. The highest BCUT2D eigenvalue weighted by atomic mass is 79.9. The predicted octanol–water partition coefficient (Wildman–Crippen LogP) is 7.63. The van der Waals surface area contributed by atoms with Gasteiger partial charge in [0.25, 0.3) is 11.5 Å². The Hall–Kier alpha value is -1.77. The number of aryl methyl sites for hydroxylation is 1. The Bertz CT molecular complexity index is 1610. The summed E-state index contributed by atoms with van der Waals surface area (Å²) in [6.45, 7) is 1.99. The number of ether oxygens (including phenoxy) is 1. The molecule has 4 aromatic rings. The van der Waals surface area contributed by atoms with Gasteiger partial charge in [0.05, 0.1) is 18.2 Å². The number of fused-ring (bicyclic) bond motifs is 1. The topological polar surface area (TPSA) is 85.2 Å². The molecule has 0 unspecified atom stereocenters. The van der Waals surface area contributed by atoms with E-state index in [1.54, 1.807) is 19.2 Å². The third kappa shape index (κ3) is 6.34. The first-order valence-electron chi connectivity index (χ1n) is 10.8. The fraction of sp³-hybridized carbons (Fsp3) is 0.120. The third-order valence-electron chi connectivity index (χ3n) is 5.34. The number of rotatable bonds is 6. The van der Waals surface area contributed by atoms with Crippen molar-refractivity contribution in [2.24, 2.45) is 0 Å². The van der Waals surface area contributed by atoms with Crippen LogP contribution in [-0.2, 0) is 4.79 Å². The van der Waals surface area contributed by atoms with Crippen molar-refractivity contribution in [3.63, 3.8) is 0 Å². The number of nitrogens with zero attached hydrogens (tertiary/aromatic N) is 2. The molecule has 3 aromatic carbocycles. The zero-order valence-corrected chi connectivity index (χ0v) is 27.8. The molecule has 38 heavy (non-hydrogen) atoms. The van der Waals surface area contributed by atoms with E-state index < -0.39 is 11.5 Å². The second kappa shape index (κ2) is 12.6. The van der Waals surface area contributed by atoms with Gasteiger partial charge in [0.1, 0.15) is 15.8 Å². The molecule has 1 amide bonds. The molecular weight excluding hydrogens is 788 g/mol. The molecule has 13 heteroatoms. The van der Waals surface area contributed by atoms with E-state index in [1.165, 1.54) is 0 Å². The lowest BCUT2D eigenvalue weighted by Gasteiger charge is -2.16. The van der Waals surface area contributed by atoms with Gasteiger partial charge >= 0.3 is 0 Å². The molecule has 2 N–H and O–H groups in total. The summed E-state index contributed by atoms with van der Waals surface area (Å²) >= 11 is 20.7. The van der Waals surface area contributed by atoms with Crippen LogP contribution >= 0.6 is 87.7 Å². The predicted molar refractivity (Wildman–Crippen MR) is 173 cm³/mol. The number of anilines is 1. The molecule has 196 valence electrons. The summed E-state index contributed by atoms with van der Waals surface area (Å²) in [4.78, 5) is 27.3. The van der Waals surface area contributed by atoms with Gasteiger partial charge in [0.2, 0.25) is 0 Å². The van der Waals surface area contributed by atoms with Crippen molar-refractivity contribution in [3.8, 4) is 17.0 Å². The molecule has 0 fully saturated rings. The van der Waals surface area contributed by atoms with Crippen molar-refractivity contribution >= 4 is 114 Å². The Kier molecular flexibility index (Phi) is 9.69. The average molecular weight is 806 g/mol. The average Bonchev–Trinajstić information content (AvgIpc) is 2.91. The summed E-state index contributed by atoms with van der Waals surface area (Å²) in [5.41, 5.74) is 5.27. The van der Waals surface area contributed by atoms with E-state index in [9.17, 15) is 9.59 Å². The molecule has 4 rings (SSSR count). The van der Waals surface area contributed by atoms with Crippen molar-refractivity contribution in [1.82, 2.24) is 9.89 Å². The summed E-state index contributed by atoms with van der Waals surface area (Å²) in [6.07, 6.45) is 0. The highest BCUT2D eigenvalue weighted by Crippen LogP contribution is 2.44. The zero-order valence-electron chi connectivity index (χ0n) is 19.8. The van der Waals surface area contributed by atoms with Crippen LogP contribution in [0.2, 0.25) is 0 Å². The van der Waals surface area contributed by atoms with Crippen molar-refractivity contribution in [3.05, 3.63) is 82.3 Å². The SMILES string of the molecule is COc1ccc(NC(=S)SCC(=O)Nn2nc(-c3ccc(C)cc3)c3c(Br)c(Br)c(Br)c(Br)c3c2=O)cc1. The van der Waals surface area contributed by atoms with Gasteiger partial charge in [-0.1, -0.05) is 53.8 Å². The molecule has 0 radical (unpaired) electrons. The minimum absolute atomic E-state index is 0.0249. The number of carbonyl (C=O) groups is 1. The molecule has 7 nitrogen and oxygen atoms in total. The third-order valence-corrected chi connectivity index (χ3v) is 11.3. The van der Waals surface area contributed by atoms with E-state index in [0.717, 1.165) is 43.6 Å². The number of aromatic nitrogens is 2. The summed E-state index contributed by atoms with van der Waals surface area (Å²) in [6, 6.07) is 15.0. The number of nitrogens with one attached hydrogen (secondary N) is 2. The lowest BCUT2D eigenvalue weighted by molar-refractivity contribution is -0.114. The molecule has 0 atom stereocenters. The molecule has 0 saturated carbocycles. The molecular formula is C25H18Br4N4O3S2. The van der Waals surface area contributed by atoms with E-state index in [0.29, 0.717) is 34.2 Å². The van der Waals surface area contributed by atoms with Crippen molar-refractivity contribution < 1.29 is 9.53 Å². The Balaban J connectivity index is 1.63. The second-order valence-corrected chi connectivity index (χ2v) is 12.7. The zero-order chi connectivity index (χ0) is 27.6. The molecule has 0 saturated heterocycles. The van der Waals surface area contributed by atoms with E-state index >= 15 is 0 Å². The van der Waals surface area contributed by atoms with Gasteiger partial charge in [-0.15, -0.1) is 9.89 Å². The molecule has 0 bridgehead atoms. The summed E-state index contributed by atoms with van der Waals surface area (Å²) < 4.78 is 8.13. The number of thiocarbonyl (C=S) groups is 1. The molecule has 0 aliphatic carbocycles. The number of carbonyl (C=O) groups excluding carboxylic acids is 1. The Morgan fingerprint density at radius 2 is 1.58 bits per heavy atom. The van der Waals surface area contributed by atoms with Gasteiger partial charge in [0, 0.05) is 34.5 Å². The number of hydrogen-bond acceptors (Lipinski definition) is 6. The van der Waals surface area contributed by atoms with Crippen LogP contribution in [0.25, 0.3) is 22.0 Å². The van der Waals surface area contributed by atoms with E-state index in [-0.39, 0.29) is 5.75 Å². The maximum absolute atomic E-state index is 13.5. The van der Waals surface area contributed by atoms with Crippen molar-refractivity contribution in [2.75, 3.05) is 23.6 Å². The van der Waals surface area contributed by atoms with Crippen LogP contribution in [0.4, 0.5) is 5.69 Å². The van der Waals surface area contributed by atoms with Gasteiger partial charge in [-0.05, 0) is 94.9 Å². The number of benzene rings is 3. The quantitative estimate of drug-likeness (QED) is 0.118. The maximum atomic E-state index is 13.5. The highest BCUT2D eigenvalue weighted by molar-refractivity contribution is 9.15. The molecule has 0 aliphatic rings. The first-order chi connectivity index (χ1) is 18.1. The van der Waals surface area contributed by atoms with Crippen LogP contribution in [0, 0.1) is 6.92 Å². The molecule has 1 aromatic heterocycles. The fourth-order valence-corrected chi connectivity index (χ4v) is 6.74. The van der Waals surface area contributed by atoms with Gasteiger partial charge in [-0.25, -0.2) is 5.43 Å². The second-order valence-electron chi connectivity index (χ2n) is 7.90. The Morgan fingerprint density at radius 3 is 2.18 bits per heavy atom. The largest absolute Gasteiger partial charge is 0.497 e. The van der Waals surface area contributed by atoms with Crippen LogP contribution in [0.3, 0.4) is 0 Å². The normalized spacial score (nSPS) is 10.9. The van der Waals surface area contributed by atoms with Crippen molar-refractivity contribution in [2.45, 2.75) is 6.92 Å². The van der Waals surface area contributed by atoms with Gasteiger partial charge < -0.3 is 10.1 Å². The summed E-state index contributed by atoms with van der Waals surface area (Å²) in [5.74, 6) is 0.261. The number of hydrogen-bond donors (Lipinski definition) is 2. The number of amides is 1. The smallest absolute Gasteiger partial charge is 0.295 e. The summed E-state index contributed by atoms with van der Waals surface area (Å²) in [7, 11) is 1.59. The monoisotopic (exact) mass is 802 g/mol. The van der Waals surface area contributed by atoms with E-state index in [2.05, 4.69) is 79.6 Å². The van der Waals surface area contributed by atoms with Gasteiger partial charge in [-0.2, -0.15) is 0 Å². The fourth-order valence-electron chi connectivity index (χ4n) is 3.46. The van der Waals surface area contributed by atoms with Crippen LogP contribution in [0.5, 0.6) is 5.75 Å². The number of methoxy groups -OCH3 is 1. The lowest BCUT2D eigenvalue weighted by atomic mass is 10.0. The molecule has 1 heterocycles. The maximum Gasteiger partial charge on any atom is 0.295 e. The van der Waals surface area contributed by atoms with Gasteiger partial charge in [-0.3, -0.25) is 9.59 Å². The molecule has 0 aliphatic heterocycles. The first kappa shape index (κ1) is 29.2.